The molecule has 0 fully saturated rings. The number of amides is 1. The molecule has 134 valence electrons. The van der Waals surface area contributed by atoms with E-state index in [-0.39, 0.29) is 18.9 Å². The van der Waals surface area contributed by atoms with E-state index in [1.807, 2.05) is 0 Å². The van der Waals surface area contributed by atoms with Crippen LogP contribution in [0.25, 0.3) is 0 Å². The molecule has 0 saturated carbocycles. The minimum Gasteiger partial charge on any atom is -0.326 e. The summed E-state index contributed by atoms with van der Waals surface area (Å²) in [4.78, 5) is 12.2. The van der Waals surface area contributed by atoms with Crippen LogP contribution in [-0.4, -0.2) is 27.1 Å². The summed E-state index contributed by atoms with van der Waals surface area (Å²) in [6.07, 6.45) is 0.978. The average molecular weight is 385 g/mol. The van der Waals surface area contributed by atoms with Gasteiger partial charge in [-0.15, -0.1) is 0 Å². The number of rotatable bonds is 6. The van der Waals surface area contributed by atoms with Gasteiger partial charge in [-0.3, -0.25) is 9.10 Å². The summed E-state index contributed by atoms with van der Waals surface area (Å²) in [5.41, 5.74) is 1.61. The molecular weight excluding hydrogens is 367 g/mol. The van der Waals surface area contributed by atoms with Crippen LogP contribution in [0.2, 0.25) is 5.02 Å². The van der Waals surface area contributed by atoms with E-state index in [1.54, 1.807) is 25.1 Å². The lowest BCUT2D eigenvalue weighted by atomic mass is 10.2. The minimum absolute atomic E-state index is 0.0591. The topological polar surface area (TPSA) is 66.5 Å². The third kappa shape index (κ3) is 5.17. The van der Waals surface area contributed by atoms with Crippen LogP contribution >= 0.6 is 11.6 Å². The van der Waals surface area contributed by atoms with Crippen LogP contribution in [-0.2, 0) is 14.8 Å². The third-order valence-corrected chi connectivity index (χ3v) is 5.20. The van der Waals surface area contributed by atoms with Crippen LogP contribution in [0.15, 0.2) is 42.5 Å². The summed E-state index contributed by atoms with van der Waals surface area (Å²) >= 11 is 6.01. The zero-order valence-electron chi connectivity index (χ0n) is 13.8. The maximum absolute atomic E-state index is 13.0. The Morgan fingerprint density at radius 1 is 1.20 bits per heavy atom. The zero-order chi connectivity index (χ0) is 18.6. The van der Waals surface area contributed by atoms with E-state index in [4.69, 9.17) is 11.6 Å². The van der Waals surface area contributed by atoms with Crippen molar-refractivity contribution in [3.63, 3.8) is 0 Å². The zero-order valence-corrected chi connectivity index (χ0v) is 15.4. The number of halogens is 2. The fourth-order valence-corrected chi connectivity index (χ4v) is 3.35. The number of hydrogen-bond acceptors (Lipinski definition) is 3. The highest BCUT2D eigenvalue weighted by Crippen LogP contribution is 2.23. The average Bonchev–Trinajstić information content (AvgIpc) is 2.52. The lowest BCUT2D eigenvalue weighted by Gasteiger charge is -2.22. The molecule has 2 aromatic rings. The minimum atomic E-state index is -3.60. The molecular formula is C17H18ClFN2O3S. The Balaban J connectivity index is 2.09. The van der Waals surface area contributed by atoms with E-state index in [1.165, 1.54) is 24.3 Å². The molecule has 0 spiro atoms. The predicted molar refractivity (Wildman–Crippen MR) is 98.0 cm³/mol. The number of nitrogens with zero attached hydrogens (tertiary/aromatic N) is 1. The third-order valence-electron chi connectivity index (χ3n) is 3.60. The molecule has 25 heavy (non-hydrogen) atoms. The molecule has 2 aromatic carbocycles. The highest BCUT2D eigenvalue weighted by Gasteiger charge is 2.19. The quantitative estimate of drug-likeness (QED) is 0.827. The highest BCUT2D eigenvalue weighted by atomic mass is 35.5. The Hall–Kier alpha value is -2.12. The Morgan fingerprint density at radius 3 is 2.44 bits per heavy atom. The second-order valence-corrected chi connectivity index (χ2v) is 7.84. The van der Waals surface area contributed by atoms with Crippen molar-refractivity contribution in [3.8, 4) is 0 Å². The Morgan fingerprint density at radius 2 is 1.84 bits per heavy atom. The summed E-state index contributed by atoms with van der Waals surface area (Å²) in [5.74, 6) is -0.812. The maximum Gasteiger partial charge on any atom is 0.232 e. The molecule has 0 radical (unpaired) electrons. The van der Waals surface area contributed by atoms with Crippen molar-refractivity contribution >= 4 is 38.9 Å². The van der Waals surface area contributed by atoms with E-state index < -0.39 is 15.8 Å². The summed E-state index contributed by atoms with van der Waals surface area (Å²) in [7, 11) is -3.60. The molecule has 2 rings (SSSR count). The second kappa shape index (κ2) is 7.84. The van der Waals surface area contributed by atoms with Gasteiger partial charge >= 0.3 is 0 Å². The lowest BCUT2D eigenvalue weighted by Crippen LogP contribution is -2.33. The summed E-state index contributed by atoms with van der Waals surface area (Å²) in [6.45, 7) is 1.72. The maximum atomic E-state index is 13.0. The van der Waals surface area contributed by atoms with Crippen molar-refractivity contribution in [2.75, 3.05) is 22.4 Å². The molecule has 0 unspecified atom stereocenters. The van der Waals surface area contributed by atoms with Crippen molar-refractivity contribution in [1.29, 1.82) is 0 Å². The number of anilines is 2. The van der Waals surface area contributed by atoms with Crippen molar-refractivity contribution < 1.29 is 17.6 Å². The first-order chi connectivity index (χ1) is 11.7. The predicted octanol–water partition coefficient (Wildman–Crippen LogP) is 3.58. The number of carbonyl (C=O) groups excluding carboxylic acids is 1. The SMILES string of the molecule is Cc1c(Cl)cccc1NC(=O)CCN(c1ccc(F)cc1)S(C)(=O)=O. The van der Waals surface area contributed by atoms with Gasteiger partial charge in [0.1, 0.15) is 5.82 Å². The summed E-state index contributed by atoms with van der Waals surface area (Å²) in [5, 5.41) is 3.24. The van der Waals surface area contributed by atoms with Crippen LogP contribution in [0.3, 0.4) is 0 Å². The largest absolute Gasteiger partial charge is 0.326 e. The van der Waals surface area contributed by atoms with Gasteiger partial charge < -0.3 is 5.32 Å². The van der Waals surface area contributed by atoms with Gasteiger partial charge in [0.2, 0.25) is 15.9 Å². The fraction of sp³-hybridized carbons (Fsp3) is 0.235. The molecule has 0 aliphatic heterocycles. The number of benzene rings is 2. The van der Waals surface area contributed by atoms with Gasteiger partial charge in [0.05, 0.1) is 11.9 Å². The van der Waals surface area contributed by atoms with Gasteiger partial charge in [-0.1, -0.05) is 17.7 Å². The van der Waals surface area contributed by atoms with Crippen molar-refractivity contribution in [2.45, 2.75) is 13.3 Å². The molecule has 0 bridgehead atoms. The van der Waals surface area contributed by atoms with Gasteiger partial charge in [0.15, 0.2) is 0 Å². The van der Waals surface area contributed by atoms with Crippen molar-refractivity contribution in [1.82, 2.24) is 0 Å². The second-order valence-electron chi connectivity index (χ2n) is 5.52. The number of sulfonamides is 1. The standard InChI is InChI=1S/C17H18ClFN2O3S/c1-12-15(18)4-3-5-16(12)20-17(22)10-11-21(25(2,23)24)14-8-6-13(19)7-9-14/h3-9H,10-11H2,1-2H3,(H,20,22). The van der Waals surface area contributed by atoms with Crippen LogP contribution < -0.4 is 9.62 Å². The monoisotopic (exact) mass is 384 g/mol. The van der Waals surface area contributed by atoms with Crippen LogP contribution in [0.5, 0.6) is 0 Å². The van der Waals surface area contributed by atoms with Crippen molar-refractivity contribution in [3.05, 3.63) is 58.9 Å². The molecule has 0 heterocycles. The van der Waals surface area contributed by atoms with E-state index in [2.05, 4.69) is 5.32 Å². The number of nitrogens with one attached hydrogen (secondary N) is 1. The molecule has 0 atom stereocenters. The van der Waals surface area contributed by atoms with Gasteiger partial charge in [-0.25, -0.2) is 12.8 Å². The lowest BCUT2D eigenvalue weighted by molar-refractivity contribution is -0.116. The van der Waals surface area contributed by atoms with Crippen LogP contribution in [0.1, 0.15) is 12.0 Å². The molecule has 1 amide bonds. The van der Waals surface area contributed by atoms with Crippen LogP contribution in [0, 0.1) is 12.7 Å². The van der Waals surface area contributed by atoms with Gasteiger partial charge in [-0.05, 0) is 48.9 Å². The van der Waals surface area contributed by atoms with Crippen molar-refractivity contribution in [2.24, 2.45) is 0 Å². The highest BCUT2D eigenvalue weighted by molar-refractivity contribution is 7.92. The molecule has 8 heteroatoms. The molecule has 1 N–H and O–H groups in total. The summed E-state index contributed by atoms with van der Waals surface area (Å²) < 4.78 is 38.0. The Kier molecular flexibility index (Phi) is 6.02. The Labute approximate surface area is 151 Å². The van der Waals surface area contributed by atoms with E-state index in [9.17, 15) is 17.6 Å². The van der Waals surface area contributed by atoms with E-state index >= 15 is 0 Å². The summed E-state index contributed by atoms with van der Waals surface area (Å²) in [6, 6.07) is 10.2. The van der Waals surface area contributed by atoms with Gasteiger partial charge in [-0.2, -0.15) is 0 Å². The molecule has 5 nitrogen and oxygen atoms in total. The normalized spacial score (nSPS) is 11.2. The first-order valence-corrected chi connectivity index (χ1v) is 9.69. The molecule has 0 aromatic heterocycles. The van der Waals surface area contributed by atoms with E-state index in [0.717, 1.165) is 16.1 Å². The Bertz CT molecular complexity index is 870. The first kappa shape index (κ1) is 19.2. The fourth-order valence-electron chi connectivity index (χ4n) is 2.25. The molecule has 0 saturated heterocycles. The smallest absolute Gasteiger partial charge is 0.232 e. The molecule has 0 aliphatic carbocycles. The van der Waals surface area contributed by atoms with Gasteiger partial charge in [0, 0.05) is 23.7 Å². The van der Waals surface area contributed by atoms with Gasteiger partial charge in [0.25, 0.3) is 0 Å². The van der Waals surface area contributed by atoms with E-state index in [0.29, 0.717) is 16.4 Å². The molecule has 0 aliphatic rings. The number of hydrogen-bond donors (Lipinski definition) is 1. The van der Waals surface area contributed by atoms with Crippen LogP contribution in [0.4, 0.5) is 15.8 Å². The first-order valence-electron chi connectivity index (χ1n) is 7.47. The number of carbonyl (C=O) groups is 1.